The molecule has 0 aromatic heterocycles. The molecule has 1 aliphatic heterocycles. The third kappa shape index (κ3) is 7.21. The number of hydrogen-bond acceptors (Lipinski definition) is 11. The van der Waals surface area contributed by atoms with Crippen molar-refractivity contribution < 1.29 is 52.4 Å². The molecule has 0 aromatic carbocycles. The molecule has 152 valence electrons. The summed E-state index contributed by atoms with van der Waals surface area (Å²) in [5.41, 5.74) is 0. The molecule has 0 bridgehead atoms. The van der Waals surface area contributed by atoms with Crippen LogP contribution in [-0.2, 0) is 52.4 Å². The molecule has 1 heterocycles. The molecule has 0 aromatic rings. The van der Waals surface area contributed by atoms with Crippen LogP contribution in [0.25, 0.3) is 0 Å². The molecule has 0 saturated carbocycles. The highest BCUT2D eigenvalue weighted by Gasteiger charge is 2.53. The van der Waals surface area contributed by atoms with Crippen molar-refractivity contribution in [3.8, 4) is 0 Å². The number of ether oxygens (including phenoxy) is 6. The van der Waals surface area contributed by atoms with Crippen molar-refractivity contribution >= 4 is 29.8 Å². The number of hydrogen-bond donors (Lipinski definition) is 0. The van der Waals surface area contributed by atoms with Crippen LogP contribution < -0.4 is 0 Å². The lowest BCUT2D eigenvalue weighted by Gasteiger charge is -2.43. The zero-order chi connectivity index (χ0) is 20.7. The Kier molecular flexibility index (Phi) is 8.16. The van der Waals surface area contributed by atoms with Gasteiger partial charge in [0.2, 0.25) is 12.4 Å². The van der Waals surface area contributed by atoms with Crippen LogP contribution in [0.5, 0.6) is 0 Å². The zero-order valence-corrected chi connectivity index (χ0v) is 15.6. The van der Waals surface area contributed by atoms with E-state index in [0.717, 1.165) is 34.6 Å². The SMILES string of the molecule is CC(=O)OCC1OC(OC(C)=O)[C@@H](OC(C)=O)[C@H](OC(C)=O)C1OC(C)=O. The molecular formula is C16H22O11. The van der Waals surface area contributed by atoms with Gasteiger partial charge in [0, 0.05) is 34.6 Å². The Morgan fingerprint density at radius 1 is 0.630 bits per heavy atom. The molecule has 1 aliphatic rings. The van der Waals surface area contributed by atoms with Crippen LogP contribution in [0.3, 0.4) is 0 Å². The van der Waals surface area contributed by atoms with Crippen LogP contribution >= 0.6 is 0 Å². The smallest absolute Gasteiger partial charge is 0.305 e. The number of carbonyl (C=O) groups excluding carboxylic acids is 5. The average molecular weight is 390 g/mol. The standard InChI is InChI=1S/C16H22O11/c1-7(17)22-6-12-13(23-8(2)18)14(24-9(3)19)15(25-10(4)20)16(27-12)26-11(5)21/h12-16H,6H2,1-5H3/t12?,13?,14-,15+,16?/m1/s1. The maximum atomic E-state index is 11.5. The van der Waals surface area contributed by atoms with Gasteiger partial charge in [-0.15, -0.1) is 0 Å². The normalized spacial score (nSPS) is 27.1. The Hall–Kier alpha value is -2.69. The molecule has 0 aliphatic carbocycles. The Morgan fingerprint density at radius 2 is 1.07 bits per heavy atom. The Morgan fingerprint density at radius 3 is 1.52 bits per heavy atom. The van der Waals surface area contributed by atoms with Gasteiger partial charge in [0.25, 0.3) is 0 Å². The van der Waals surface area contributed by atoms with E-state index in [0.29, 0.717) is 0 Å². The first-order valence-corrected chi connectivity index (χ1v) is 7.99. The van der Waals surface area contributed by atoms with Gasteiger partial charge in [-0.2, -0.15) is 0 Å². The van der Waals surface area contributed by atoms with E-state index in [1.54, 1.807) is 0 Å². The summed E-state index contributed by atoms with van der Waals surface area (Å²) in [5.74, 6) is -3.71. The molecule has 3 unspecified atom stereocenters. The van der Waals surface area contributed by atoms with Crippen LogP contribution in [0, 0.1) is 0 Å². The lowest BCUT2D eigenvalue weighted by molar-refractivity contribution is -0.300. The number of rotatable bonds is 6. The number of carbonyl (C=O) groups is 5. The zero-order valence-electron chi connectivity index (χ0n) is 15.6. The van der Waals surface area contributed by atoms with Crippen molar-refractivity contribution in [2.24, 2.45) is 0 Å². The summed E-state index contributed by atoms with van der Waals surface area (Å²) < 4.78 is 30.8. The quantitative estimate of drug-likeness (QED) is 0.433. The second kappa shape index (κ2) is 9.86. The van der Waals surface area contributed by atoms with Crippen molar-refractivity contribution in [1.29, 1.82) is 0 Å². The summed E-state index contributed by atoms with van der Waals surface area (Å²) in [6.07, 6.45) is -6.70. The molecule has 11 heteroatoms. The number of esters is 5. The summed E-state index contributed by atoms with van der Waals surface area (Å²) in [6.45, 7) is 5.13. The van der Waals surface area contributed by atoms with E-state index in [9.17, 15) is 24.0 Å². The summed E-state index contributed by atoms with van der Waals surface area (Å²) in [7, 11) is 0. The molecule has 27 heavy (non-hydrogen) atoms. The summed E-state index contributed by atoms with van der Waals surface area (Å²) in [4.78, 5) is 57.0. The molecule has 0 radical (unpaired) electrons. The van der Waals surface area contributed by atoms with Crippen LogP contribution in [-0.4, -0.2) is 67.2 Å². The lowest BCUT2D eigenvalue weighted by atomic mass is 9.98. The second-order valence-electron chi connectivity index (χ2n) is 5.68. The summed E-state index contributed by atoms with van der Waals surface area (Å²) in [6, 6.07) is 0. The maximum Gasteiger partial charge on any atom is 0.305 e. The third-order valence-corrected chi connectivity index (χ3v) is 3.23. The molecule has 0 spiro atoms. The average Bonchev–Trinajstić information content (AvgIpc) is 2.49. The molecular weight excluding hydrogens is 368 g/mol. The van der Waals surface area contributed by atoms with Crippen molar-refractivity contribution in [3.05, 3.63) is 0 Å². The molecule has 1 fully saturated rings. The highest BCUT2D eigenvalue weighted by atomic mass is 16.7. The van der Waals surface area contributed by atoms with Gasteiger partial charge < -0.3 is 28.4 Å². The van der Waals surface area contributed by atoms with Crippen molar-refractivity contribution in [2.75, 3.05) is 6.61 Å². The van der Waals surface area contributed by atoms with Crippen LogP contribution in [0.15, 0.2) is 0 Å². The van der Waals surface area contributed by atoms with Crippen molar-refractivity contribution in [3.63, 3.8) is 0 Å². The first kappa shape index (κ1) is 22.4. The van der Waals surface area contributed by atoms with E-state index >= 15 is 0 Å². The van der Waals surface area contributed by atoms with E-state index in [1.165, 1.54) is 0 Å². The van der Waals surface area contributed by atoms with Crippen LogP contribution in [0.1, 0.15) is 34.6 Å². The van der Waals surface area contributed by atoms with E-state index < -0.39 is 67.2 Å². The Balaban J connectivity index is 3.29. The van der Waals surface area contributed by atoms with Gasteiger partial charge in [-0.1, -0.05) is 0 Å². The van der Waals surface area contributed by atoms with Crippen LogP contribution in [0.4, 0.5) is 0 Å². The summed E-state index contributed by atoms with van der Waals surface area (Å²) >= 11 is 0. The molecule has 11 nitrogen and oxygen atoms in total. The fraction of sp³-hybridized carbons (Fsp3) is 0.688. The maximum absolute atomic E-state index is 11.5. The van der Waals surface area contributed by atoms with E-state index in [2.05, 4.69) is 0 Å². The fourth-order valence-corrected chi connectivity index (χ4v) is 2.45. The van der Waals surface area contributed by atoms with Crippen LogP contribution in [0.2, 0.25) is 0 Å². The topological polar surface area (TPSA) is 141 Å². The first-order valence-electron chi connectivity index (χ1n) is 7.99. The third-order valence-electron chi connectivity index (χ3n) is 3.23. The highest BCUT2D eigenvalue weighted by Crippen LogP contribution is 2.29. The van der Waals surface area contributed by atoms with E-state index in [4.69, 9.17) is 28.4 Å². The van der Waals surface area contributed by atoms with Gasteiger partial charge in [-0.25, -0.2) is 0 Å². The van der Waals surface area contributed by atoms with E-state index in [-0.39, 0.29) is 0 Å². The first-order chi connectivity index (χ1) is 12.5. The van der Waals surface area contributed by atoms with Gasteiger partial charge in [0.05, 0.1) is 0 Å². The van der Waals surface area contributed by atoms with Gasteiger partial charge in [-0.05, 0) is 0 Å². The molecule has 0 amide bonds. The predicted molar refractivity (Wildman–Crippen MR) is 83.7 cm³/mol. The molecule has 0 N–H and O–H groups in total. The van der Waals surface area contributed by atoms with E-state index in [1.807, 2.05) is 0 Å². The lowest BCUT2D eigenvalue weighted by Crippen LogP contribution is -2.63. The minimum Gasteiger partial charge on any atom is -0.463 e. The Labute approximate surface area is 155 Å². The van der Waals surface area contributed by atoms with Gasteiger partial charge in [-0.3, -0.25) is 24.0 Å². The monoisotopic (exact) mass is 390 g/mol. The molecule has 1 rings (SSSR count). The fourth-order valence-electron chi connectivity index (χ4n) is 2.45. The highest BCUT2D eigenvalue weighted by molar-refractivity contribution is 5.69. The van der Waals surface area contributed by atoms with Gasteiger partial charge >= 0.3 is 29.8 Å². The van der Waals surface area contributed by atoms with Crippen molar-refractivity contribution in [2.45, 2.75) is 65.3 Å². The van der Waals surface area contributed by atoms with Crippen molar-refractivity contribution in [1.82, 2.24) is 0 Å². The Bertz CT molecular complexity index is 599. The molecule has 5 atom stereocenters. The van der Waals surface area contributed by atoms with Gasteiger partial charge in [0.15, 0.2) is 12.2 Å². The second-order valence-corrected chi connectivity index (χ2v) is 5.68. The van der Waals surface area contributed by atoms with Gasteiger partial charge in [0.1, 0.15) is 12.7 Å². The summed E-state index contributed by atoms with van der Waals surface area (Å²) in [5, 5.41) is 0. The predicted octanol–water partition coefficient (Wildman–Crippen LogP) is -0.367. The largest absolute Gasteiger partial charge is 0.463 e. The molecule has 1 saturated heterocycles. The minimum atomic E-state index is -1.48. The minimum absolute atomic E-state index is 0.393.